The van der Waals surface area contributed by atoms with Crippen LogP contribution in [0.2, 0.25) is 15.2 Å². The highest BCUT2D eigenvalue weighted by atomic mass is 35.5. The first kappa shape index (κ1) is 51.0. The molecule has 0 N–H and O–H groups in total. The van der Waals surface area contributed by atoms with Crippen LogP contribution in [0.4, 0.5) is 8.78 Å². The summed E-state index contributed by atoms with van der Waals surface area (Å²) in [7, 11) is 6.22. The highest BCUT2D eigenvalue weighted by Gasteiger charge is 2.28. The summed E-state index contributed by atoms with van der Waals surface area (Å²) in [6, 6.07) is 17.6. The van der Waals surface area contributed by atoms with Gasteiger partial charge in [0.2, 0.25) is 0 Å². The van der Waals surface area contributed by atoms with E-state index < -0.39 is 17.6 Å². The fraction of sp³-hybridized carbons (Fsp3) is 0.455. The van der Waals surface area contributed by atoms with Crippen molar-refractivity contribution in [2.24, 2.45) is 23.7 Å². The number of pyridine rings is 2. The van der Waals surface area contributed by atoms with E-state index in [-0.39, 0.29) is 35.1 Å². The number of nitriles is 2. The van der Waals surface area contributed by atoms with Crippen molar-refractivity contribution >= 4 is 34.8 Å². The van der Waals surface area contributed by atoms with Gasteiger partial charge in [-0.25, -0.2) is 13.8 Å². The normalized spacial score (nSPS) is 12.3. The standard InChI is InChI=1S/C22H26ClFN2O3.C13H10Cl2FNO.C9H17NO2/c1-14(2)18(12-29-13-27-3)17(10-25)20-9-21(28-4)16(11-26-20)8-15-6-5-7-19(23)22(15)24;1-18-11-6-12(15)17-7-9(11)5-8-3-2-4-10(14)13(8)16;1-8(2)9(4-5-10)6-12-7-11-3/h5-7,9,11,14,17-18H,8,12-13H2,1-4H3;2-4,6-7H,5H2,1H3;8-9H,4,6-7H2,1-3H3/t17?,18-;;/m1../s1. The Hall–Kier alpha value is -4.11. The summed E-state index contributed by atoms with van der Waals surface area (Å²) in [5.41, 5.74) is 3.01. The van der Waals surface area contributed by atoms with E-state index in [0.29, 0.717) is 83.7 Å². The third-order valence-corrected chi connectivity index (χ3v) is 10.0. The summed E-state index contributed by atoms with van der Waals surface area (Å²) in [6.45, 7) is 9.74. The van der Waals surface area contributed by atoms with E-state index in [1.807, 2.05) is 13.8 Å². The first-order valence-corrected chi connectivity index (χ1v) is 19.9. The van der Waals surface area contributed by atoms with Crippen LogP contribution < -0.4 is 9.47 Å². The molecule has 4 aromatic rings. The summed E-state index contributed by atoms with van der Waals surface area (Å²) in [4.78, 5) is 8.46. The molecule has 0 bridgehead atoms. The predicted octanol–water partition coefficient (Wildman–Crippen LogP) is 10.9. The van der Waals surface area contributed by atoms with E-state index >= 15 is 0 Å². The minimum Gasteiger partial charge on any atom is -0.496 e. The summed E-state index contributed by atoms with van der Waals surface area (Å²) in [6.07, 6.45) is 4.39. The molecule has 3 atom stereocenters. The highest BCUT2D eigenvalue weighted by Crippen LogP contribution is 2.33. The van der Waals surface area contributed by atoms with E-state index in [1.54, 1.807) is 70.1 Å². The molecule has 0 saturated carbocycles. The van der Waals surface area contributed by atoms with Crippen LogP contribution in [0.15, 0.2) is 60.9 Å². The third-order valence-electron chi connectivity index (χ3n) is 9.22. The van der Waals surface area contributed by atoms with Crippen LogP contribution >= 0.6 is 34.8 Å². The number of hydrogen-bond acceptors (Lipinski definition) is 10. The molecule has 59 heavy (non-hydrogen) atoms. The second-order valence-corrected chi connectivity index (χ2v) is 15.2. The SMILES string of the molecule is COCOCC(CC#N)C(C)C.COCOC[C@H](C(C)C)C(C#N)c1cc(OC)c(Cc2cccc(Cl)c2F)cn1.COc1cc(Cl)ncc1Cc1cccc(Cl)c1F. The largest absolute Gasteiger partial charge is 0.496 e. The van der Waals surface area contributed by atoms with Gasteiger partial charge in [0.05, 0.1) is 61.2 Å². The fourth-order valence-electron chi connectivity index (χ4n) is 5.73. The predicted molar refractivity (Wildman–Crippen MR) is 226 cm³/mol. The average molecular weight is 878 g/mol. The van der Waals surface area contributed by atoms with Gasteiger partial charge in [0.1, 0.15) is 41.9 Å². The smallest absolute Gasteiger partial charge is 0.146 e. The topological polar surface area (TPSA) is 129 Å². The molecular formula is C44H53Cl3F2N4O6. The molecule has 2 unspecified atom stereocenters. The Balaban J connectivity index is 0.000000339. The number of methoxy groups -OCH3 is 4. The average Bonchev–Trinajstić information content (AvgIpc) is 3.22. The minimum atomic E-state index is -0.474. The Kier molecular flexibility index (Phi) is 23.9. The molecule has 0 aliphatic heterocycles. The Labute approximate surface area is 362 Å². The van der Waals surface area contributed by atoms with Crippen LogP contribution in [0.25, 0.3) is 0 Å². The van der Waals surface area contributed by atoms with Crippen LogP contribution in [0.1, 0.15) is 68.0 Å². The van der Waals surface area contributed by atoms with E-state index in [1.165, 1.54) is 19.2 Å². The number of ether oxygens (including phenoxy) is 6. The molecule has 2 aromatic heterocycles. The van der Waals surface area contributed by atoms with Crippen LogP contribution in [-0.2, 0) is 31.8 Å². The zero-order chi connectivity index (χ0) is 43.9. The molecule has 0 radical (unpaired) electrons. The molecule has 2 aromatic carbocycles. The van der Waals surface area contributed by atoms with Gasteiger partial charge >= 0.3 is 0 Å². The van der Waals surface area contributed by atoms with Gasteiger partial charge in [-0.05, 0) is 41.0 Å². The Morgan fingerprint density at radius 2 is 1.19 bits per heavy atom. The van der Waals surface area contributed by atoms with E-state index in [0.717, 1.165) is 5.56 Å². The number of halogens is 5. The van der Waals surface area contributed by atoms with Crippen molar-refractivity contribution in [2.45, 2.75) is 52.9 Å². The fourth-order valence-corrected chi connectivity index (χ4v) is 6.26. The van der Waals surface area contributed by atoms with Gasteiger partial charge in [0.15, 0.2) is 0 Å². The number of aromatic nitrogens is 2. The van der Waals surface area contributed by atoms with Gasteiger partial charge in [-0.2, -0.15) is 10.5 Å². The zero-order valence-electron chi connectivity index (χ0n) is 34.7. The van der Waals surface area contributed by atoms with Crippen LogP contribution in [0, 0.1) is 58.0 Å². The molecule has 2 heterocycles. The molecular weight excluding hydrogens is 825 g/mol. The first-order valence-electron chi connectivity index (χ1n) is 18.7. The Morgan fingerprint density at radius 3 is 1.64 bits per heavy atom. The van der Waals surface area contributed by atoms with Gasteiger partial charge in [0.25, 0.3) is 0 Å². The monoisotopic (exact) mass is 876 g/mol. The van der Waals surface area contributed by atoms with Crippen molar-refractivity contribution in [2.75, 3.05) is 55.2 Å². The van der Waals surface area contributed by atoms with Crippen LogP contribution in [0.5, 0.6) is 11.5 Å². The molecule has 10 nitrogen and oxygen atoms in total. The molecule has 0 saturated heterocycles. The Morgan fingerprint density at radius 1 is 0.678 bits per heavy atom. The summed E-state index contributed by atoms with van der Waals surface area (Å²) < 4.78 is 59.1. The molecule has 0 spiro atoms. The van der Waals surface area contributed by atoms with Gasteiger partial charge < -0.3 is 28.4 Å². The lowest BCUT2D eigenvalue weighted by molar-refractivity contribution is -0.0500. The molecule has 320 valence electrons. The van der Waals surface area contributed by atoms with Crippen molar-refractivity contribution in [1.29, 1.82) is 10.5 Å². The molecule has 15 heteroatoms. The molecule has 0 aliphatic carbocycles. The number of benzene rings is 2. The van der Waals surface area contributed by atoms with Crippen molar-refractivity contribution in [3.8, 4) is 23.6 Å². The maximum Gasteiger partial charge on any atom is 0.146 e. The van der Waals surface area contributed by atoms with E-state index in [2.05, 4.69) is 36.0 Å². The van der Waals surface area contributed by atoms with E-state index in [4.69, 9.17) is 68.5 Å². The molecule has 0 aliphatic rings. The zero-order valence-corrected chi connectivity index (χ0v) is 37.0. The second kappa shape index (κ2) is 27.6. The van der Waals surface area contributed by atoms with Gasteiger partial charge in [-0.1, -0.05) is 86.8 Å². The summed E-state index contributed by atoms with van der Waals surface area (Å²) >= 11 is 17.4. The molecule has 4 rings (SSSR count). The molecule has 0 fully saturated rings. The lowest BCUT2D eigenvalue weighted by atomic mass is 9.82. The minimum absolute atomic E-state index is 0.0661. The number of rotatable bonds is 19. The Bertz CT molecular complexity index is 1960. The third kappa shape index (κ3) is 16.8. The van der Waals surface area contributed by atoms with Crippen LogP contribution in [-0.4, -0.2) is 65.2 Å². The maximum absolute atomic E-state index is 14.3. The van der Waals surface area contributed by atoms with Crippen LogP contribution in [0.3, 0.4) is 0 Å². The quantitative estimate of drug-likeness (QED) is 0.0510. The summed E-state index contributed by atoms with van der Waals surface area (Å²) in [5.74, 6) is 0.725. The van der Waals surface area contributed by atoms with Gasteiger partial charge in [-0.15, -0.1) is 0 Å². The number of hydrogen-bond donors (Lipinski definition) is 0. The maximum atomic E-state index is 14.3. The second-order valence-electron chi connectivity index (χ2n) is 14.0. The van der Waals surface area contributed by atoms with Gasteiger partial charge in [-0.3, -0.25) is 4.98 Å². The van der Waals surface area contributed by atoms with Crippen molar-refractivity contribution in [3.05, 3.63) is 116 Å². The van der Waals surface area contributed by atoms with Gasteiger partial charge in [0, 0.05) is 75.1 Å². The lowest BCUT2D eigenvalue weighted by Gasteiger charge is -2.25. The van der Waals surface area contributed by atoms with Crippen molar-refractivity contribution < 1.29 is 37.2 Å². The van der Waals surface area contributed by atoms with E-state index in [9.17, 15) is 14.0 Å². The number of nitrogens with zero attached hydrogens (tertiary/aromatic N) is 4. The van der Waals surface area contributed by atoms with Crippen molar-refractivity contribution in [1.82, 2.24) is 9.97 Å². The molecule has 0 amide bonds. The lowest BCUT2D eigenvalue weighted by Crippen LogP contribution is -2.24. The summed E-state index contributed by atoms with van der Waals surface area (Å²) in [5, 5.41) is 18.8. The first-order chi connectivity index (χ1) is 28.3. The van der Waals surface area contributed by atoms with Crippen molar-refractivity contribution in [3.63, 3.8) is 0 Å². The highest BCUT2D eigenvalue weighted by molar-refractivity contribution is 6.31.